The van der Waals surface area contributed by atoms with Crippen LogP contribution in [0.3, 0.4) is 0 Å². The summed E-state index contributed by atoms with van der Waals surface area (Å²) in [5, 5.41) is 42.3. The summed E-state index contributed by atoms with van der Waals surface area (Å²) in [6.07, 6.45) is -4.74. The number of phenols is 2. The molecule has 3 aliphatic rings. The topological polar surface area (TPSA) is 177 Å². The van der Waals surface area contributed by atoms with E-state index in [-0.39, 0.29) is 59.3 Å². The Bertz CT molecular complexity index is 1270. The van der Waals surface area contributed by atoms with Gasteiger partial charge in [-0.2, -0.15) is 0 Å². The molecule has 10 nitrogen and oxygen atoms in total. The van der Waals surface area contributed by atoms with E-state index in [1.165, 1.54) is 19.1 Å². The molecule has 0 radical (unpaired) electrons. The van der Waals surface area contributed by atoms with E-state index in [0.717, 1.165) is 0 Å². The van der Waals surface area contributed by atoms with Gasteiger partial charge < -0.3 is 35.6 Å². The first-order valence-electron chi connectivity index (χ1n) is 11.3. The SMILES string of the molecule is C[13C](=O)[C@]1(N)Cc2c(O)c3c(c(O)c2[C@@H](O[C@H]2C[C@@H](O)[C@H](O)CO2)C1)C(=O)[13c]1cccc[13c]1C3=O. The number of aliphatic hydroxyl groups excluding tert-OH is 2. The molecule has 1 fully saturated rings. The summed E-state index contributed by atoms with van der Waals surface area (Å²) >= 11 is 0. The van der Waals surface area contributed by atoms with Gasteiger partial charge in [-0.1, -0.05) is 24.3 Å². The number of phenolic OH excluding ortho intramolecular Hbond substituents is 2. The number of benzene rings is 2. The van der Waals surface area contributed by atoms with Crippen LogP contribution in [0.25, 0.3) is 0 Å². The van der Waals surface area contributed by atoms with Crippen molar-refractivity contribution in [2.75, 3.05) is 6.61 Å². The highest BCUT2D eigenvalue weighted by molar-refractivity contribution is 6.30. The van der Waals surface area contributed by atoms with E-state index < -0.39 is 59.0 Å². The molecule has 2 aliphatic carbocycles. The smallest absolute Gasteiger partial charge is 0.198 e. The van der Waals surface area contributed by atoms with Crippen LogP contribution in [0, 0.1) is 0 Å². The lowest BCUT2D eigenvalue weighted by molar-refractivity contribution is -0.238. The number of fused-ring (bicyclic) bond motifs is 3. The van der Waals surface area contributed by atoms with Crippen LogP contribution in [0.4, 0.5) is 0 Å². The molecule has 1 heterocycles. The van der Waals surface area contributed by atoms with E-state index in [2.05, 4.69) is 0 Å². The van der Waals surface area contributed by atoms with Gasteiger partial charge in [0, 0.05) is 41.5 Å². The Labute approximate surface area is 199 Å². The molecule has 2 aromatic carbocycles. The number of Topliss-reactive ketones (excluding diaryl/α,β-unsaturated/α-hetero) is 1. The fourth-order valence-corrected chi connectivity index (χ4v) is 5.13. The monoisotopic (exact) mass is 486 g/mol. The van der Waals surface area contributed by atoms with E-state index in [1.807, 2.05) is 0 Å². The third-order valence-corrected chi connectivity index (χ3v) is 7.17. The van der Waals surface area contributed by atoms with E-state index in [1.54, 1.807) is 12.1 Å². The van der Waals surface area contributed by atoms with Gasteiger partial charge in [0.2, 0.25) is 0 Å². The summed E-state index contributed by atoms with van der Waals surface area (Å²) in [6, 6.07) is 6.10. The minimum atomic E-state index is -1.50. The molecule has 0 aromatic heterocycles. The third-order valence-electron chi connectivity index (χ3n) is 7.17. The molecule has 6 N–H and O–H groups in total. The lowest BCUT2D eigenvalue weighted by Gasteiger charge is -2.41. The number of hydrogen-bond acceptors (Lipinski definition) is 10. The number of rotatable bonds is 3. The molecular weight excluding hydrogens is 461 g/mol. The maximum absolute atomic E-state index is 13.3. The zero-order chi connectivity index (χ0) is 25.2. The van der Waals surface area contributed by atoms with Crippen molar-refractivity contribution in [2.24, 2.45) is 5.73 Å². The number of ether oxygens (including phenoxy) is 2. The maximum Gasteiger partial charge on any atom is 0.198 e. The summed E-state index contributed by atoms with van der Waals surface area (Å²) < 4.78 is 11.4. The largest absolute Gasteiger partial charge is 0.507 e. The number of aliphatic hydroxyl groups is 2. The molecule has 0 amide bonds. The molecule has 2 aromatic rings. The van der Waals surface area contributed by atoms with Crippen LogP contribution in [0.2, 0.25) is 0 Å². The van der Waals surface area contributed by atoms with Crippen LogP contribution in [0.5, 0.6) is 11.5 Å². The second-order valence-electron chi connectivity index (χ2n) is 9.39. The van der Waals surface area contributed by atoms with Gasteiger partial charge in [-0.05, 0) is 6.92 Å². The summed E-state index contributed by atoms with van der Waals surface area (Å²) in [5.41, 5.74) is 4.47. The fraction of sp³-hybridized carbons (Fsp3) is 0.400. The van der Waals surface area contributed by atoms with Crippen LogP contribution >= 0.6 is 0 Å². The average Bonchev–Trinajstić information content (AvgIpc) is 2.82. The van der Waals surface area contributed by atoms with Crippen molar-refractivity contribution in [3.05, 3.63) is 57.6 Å². The predicted octanol–water partition coefficient (Wildman–Crippen LogP) is 0.632. The van der Waals surface area contributed by atoms with Crippen molar-refractivity contribution in [3.8, 4) is 11.5 Å². The second kappa shape index (κ2) is 8.21. The average molecular weight is 486 g/mol. The third kappa shape index (κ3) is 3.57. The highest BCUT2D eigenvalue weighted by Gasteiger charge is 2.48. The van der Waals surface area contributed by atoms with Gasteiger partial charge in [-0.3, -0.25) is 14.4 Å². The number of nitrogens with two attached hydrogens (primary N) is 1. The maximum atomic E-state index is 13.3. The second-order valence-corrected chi connectivity index (χ2v) is 9.39. The standard InChI is InChI=1S/C25H25NO9/c1-10(27)25(26)7-13-18(16(8-25)35-17-6-14(28)15(29)9-34-17)24(33)20-19(23(13)32)21(30)11-4-2-3-5-12(11)22(20)31/h2-5,14-17,28-29,32-33H,6-9,26H2,1H3/t14-,15-,16+,17+,25+/m1/s1/i10+1,11+1,12+1. The van der Waals surface area contributed by atoms with Crippen molar-refractivity contribution in [1.29, 1.82) is 0 Å². The predicted molar refractivity (Wildman–Crippen MR) is 119 cm³/mol. The van der Waals surface area contributed by atoms with Crippen LogP contribution in [0.1, 0.15) is 68.8 Å². The molecule has 0 saturated carbocycles. The zero-order valence-electron chi connectivity index (χ0n) is 18.9. The summed E-state index contributed by atoms with van der Waals surface area (Å²) in [7, 11) is 0. The highest BCUT2D eigenvalue weighted by atomic mass is 16.7. The van der Waals surface area contributed by atoms with Gasteiger partial charge in [0.1, 0.15) is 23.4 Å². The Balaban J connectivity index is 1.67. The molecular formula is C25H25NO9. The molecule has 0 spiro atoms. The molecule has 0 unspecified atom stereocenters. The van der Waals surface area contributed by atoms with Crippen LogP contribution in [0.15, 0.2) is 24.3 Å². The Morgan fingerprint density at radius 3 is 2.23 bits per heavy atom. The van der Waals surface area contributed by atoms with Crippen LogP contribution < -0.4 is 5.73 Å². The van der Waals surface area contributed by atoms with Crippen molar-refractivity contribution in [3.63, 3.8) is 0 Å². The lowest BCUT2D eigenvalue weighted by Crippen LogP contribution is -2.53. The molecule has 1 saturated heterocycles. The van der Waals surface area contributed by atoms with Gasteiger partial charge in [0.05, 0.1) is 35.5 Å². The highest BCUT2D eigenvalue weighted by Crippen LogP contribution is 2.51. The van der Waals surface area contributed by atoms with Gasteiger partial charge in [-0.15, -0.1) is 0 Å². The first-order valence-corrected chi connectivity index (χ1v) is 11.3. The lowest BCUT2D eigenvalue weighted by atomic mass is 9.76. The molecule has 1 aliphatic heterocycles. The first kappa shape index (κ1) is 23.6. The Kier molecular flexibility index (Phi) is 5.53. The number of ketones is 3. The fourth-order valence-electron chi connectivity index (χ4n) is 5.13. The van der Waals surface area contributed by atoms with Gasteiger partial charge >= 0.3 is 0 Å². The van der Waals surface area contributed by atoms with Crippen molar-refractivity contribution < 1.29 is 44.3 Å². The summed E-state index contributed by atoms with van der Waals surface area (Å²) in [5.74, 6) is -2.74. The van der Waals surface area contributed by atoms with Gasteiger partial charge in [-0.25, -0.2) is 0 Å². The van der Waals surface area contributed by atoms with E-state index in [0.29, 0.717) is 0 Å². The van der Waals surface area contributed by atoms with E-state index >= 15 is 0 Å². The van der Waals surface area contributed by atoms with Crippen molar-refractivity contribution in [2.45, 2.75) is 56.3 Å². The Hall–Kier alpha value is -3.15. The molecule has 0 bridgehead atoms. The van der Waals surface area contributed by atoms with Gasteiger partial charge in [0.15, 0.2) is 17.9 Å². The van der Waals surface area contributed by atoms with Crippen LogP contribution in [-0.4, -0.2) is 68.4 Å². The number of aromatic hydroxyl groups is 2. The Morgan fingerprint density at radius 2 is 1.66 bits per heavy atom. The van der Waals surface area contributed by atoms with Crippen molar-refractivity contribution >= 4 is 17.3 Å². The first-order chi connectivity index (χ1) is 16.5. The molecule has 10 heteroatoms. The minimum Gasteiger partial charge on any atom is -0.507 e. The minimum absolute atomic E-state index is 0.0344. The molecule has 5 atom stereocenters. The Morgan fingerprint density at radius 1 is 1.06 bits per heavy atom. The summed E-state index contributed by atoms with van der Waals surface area (Å²) in [4.78, 5) is 39.0. The van der Waals surface area contributed by atoms with Gasteiger partial charge in [0.25, 0.3) is 0 Å². The molecule has 5 rings (SSSR count). The number of hydrogen-bond donors (Lipinski definition) is 5. The van der Waals surface area contributed by atoms with E-state index in [9.17, 15) is 34.8 Å². The zero-order valence-corrected chi connectivity index (χ0v) is 18.9. The molecule has 184 valence electrons. The number of carbonyl (C=O) groups excluding carboxylic acids is 3. The number of carbonyl (C=O) groups is 3. The normalized spacial score (nSPS) is 29.8. The summed E-state index contributed by atoms with van der Waals surface area (Å²) in [6.45, 7) is 1.09. The molecule has 35 heavy (non-hydrogen) atoms. The van der Waals surface area contributed by atoms with Crippen molar-refractivity contribution in [1.82, 2.24) is 0 Å². The van der Waals surface area contributed by atoms with E-state index in [4.69, 9.17) is 15.2 Å². The quantitative estimate of drug-likeness (QED) is 0.261. The van der Waals surface area contributed by atoms with Crippen LogP contribution in [-0.2, 0) is 20.7 Å².